The number of alkyl halides is 1. The Kier molecular flexibility index (Phi) is 5.51. The summed E-state index contributed by atoms with van der Waals surface area (Å²) in [5.74, 6) is 0.504. The monoisotopic (exact) mass is 276 g/mol. The molecule has 0 bridgehead atoms. The highest BCUT2D eigenvalue weighted by Crippen LogP contribution is 2.18. The number of nitrogens with zero attached hydrogens (tertiary/aromatic N) is 1. The van der Waals surface area contributed by atoms with Gasteiger partial charge in [-0.3, -0.25) is 4.98 Å². The van der Waals surface area contributed by atoms with Crippen LogP contribution in [0.1, 0.15) is 18.2 Å². The molecule has 1 aromatic heterocycles. The van der Waals surface area contributed by atoms with Crippen LogP contribution in [0, 0.1) is 5.92 Å². The first kappa shape index (κ1) is 14.1. The molecule has 0 radical (unpaired) electrons. The van der Waals surface area contributed by atoms with Crippen LogP contribution in [-0.4, -0.2) is 22.7 Å². The predicted octanol–water partition coefficient (Wildman–Crippen LogP) is 2.92. The van der Waals surface area contributed by atoms with Gasteiger partial charge in [-0.05, 0) is 24.0 Å². The van der Waals surface area contributed by atoms with Crippen molar-refractivity contribution in [1.29, 1.82) is 0 Å². The molecule has 0 unspecified atom stereocenters. The number of carbonyl (C=O) groups is 1. The number of halogens is 2. The average Bonchev–Trinajstić information content (AvgIpc) is 2.28. The van der Waals surface area contributed by atoms with E-state index in [-0.39, 0.29) is 5.92 Å². The second-order valence-corrected chi connectivity index (χ2v) is 4.59. The minimum Gasteiger partial charge on any atom is -0.465 e. The third kappa shape index (κ3) is 4.79. The maximum Gasteiger partial charge on any atom is 0.404 e. The Morgan fingerprint density at radius 3 is 2.94 bits per heavy atom. The fraction of sp³-hybridized carbons (Fsp3) is 0.455. The zero-order chi connectivity index (χ0) is 12.8. The summed E-state index contributed by atoms with van der Waals surface area (Å²) < 4.78 is 0. The fourth-order valence-corrected chi connectivity index (χ4v) is 1.88. The number of pyridine rings is 1. The molecule has 4 nitrogen and oxygen atoms in total. The second-order valence-electron chi connectivity index (χ2n) is 3.89. The molecule has 1 amide bonds. The van der Waals surface area contributed by atoms with Crippen LogP contribution in [0.4, 0.5) is 4.79 Å². The summed E-state index contributed by atoms with van der Waals surface area (Å²) in [5.41, 5.74) is 1.76. The lowest BCUT2D eigenvalue weighted by Gasteiger charge is -2.13. The number of rotatable bonds is 5. The molecule has 0 spiro atoms. The number of carboxylic acid groups (broad SMARTS) is 1. The van der Waals surface area contributed by atoms with Crippen molar-refractivity contribution in [2.24, 2.45) is 5.92 Å². The van der Waals surface area contributed by atoms with Crippen molar-refractivity contribution in [2.75, 3.05) is 6.54 Å². The van der Waals surface area contributed by atoms with Crippen LogP contribution < -0.4 is 5.32 Å². The van der Waals surface area contributed by atoms with Gasteiger partial charge in [-0.15, -0.1) is 11.6 Å². The first-order chi connectivity index (χ1) is 8.02. The van der Waals surface area contributed by atoms with Crippen LogP contribution >= 0.6 is 23.2 Å². The third-order valence-electron chi connectivity index (χ3n) is 2.31. The molecule has 0 fully saturated rings. The smallest absolute Gasteiger partial charge is 0.404 e. The van der Waals surface area contributed by atoms with E-state index in [0.29, 0.717) is 23.9 Å². The molecule has 1 atom stereocenters. The molecular weight excluding hydrogens is 263 g/mol. The highest BCUT2D eigenvalue weighted by Gasteiger charge is 2.10. The van der Waals surface area contributed by atoms with Gasteiger partial charge in [-0.2, -0.15) is 0 Å². The van der Waals surface area contributed by atoms with Crippen molar-refractivity contribution >= 4 is 29.3 Å². The lowest BCUT2D eigenvalue weighted by Crippen LogP contribution is -2.27. The lowest BCUT2D eigenvalue weighted by atomic mass is 10.0. The molecule has 6 heteroatoms. The lowest BCUT2D eigenvalue weighted by molar-refractivity contribution is 0.192. The zero-order valence-electron chi connectivity index (χ0n) is 9.41. The van der Waals surface area contributed by atoms with Crippen molar-refractivity contribution in [1.82, 2.24) is 10.3 Å². The fourth-order valence-electron chi connectivity index (χ4n) is 1.47. The molecule has 0 aromatic carbocycles. The number of hydrogen-bond donors (Lipinski definition) is 2. The van der Waals surface area contributed by atoms with Gasteiger partial charge < -0.3 is 10.4 Å². The van der Waals surface area contributed by atoms with E-state index in [9.17, 15) is 4.79 Å². The average molecular weight is 277 g/mol. The van der Waals surface area contributed by atoms with Crippen LogP contribution in [0.15, 0.2) is 12.3 Å². The van der Waals surface area contributed by atoms with Gasteiger partial charge in [0.1, 0.15) is 0 Å². The van der Waals surface area contributed by atoms with Crippen molar-refractivity contribution < 1.29 is 9.90 Å². The molecule has 1 rings (SSSR count). The molecular formula is C11H14Cl2N2O2. The number of nitrogens with one attached hydrogen (secondary N) is 1. The summed E-state index contributed by atoms with van der Waals surface area (Å²) in [6.45, 7) is 2.34. The second kappa shape index (κ2) is 6.67. The van der Waals surface area contributed by atoms with Crippen LogP contribution in [-0.2, 0) is 12.3 Å². The summed E-state index contributed by atoms with van der Waals surface area (Å²) in [4.78, 5) is 14.6. The van der Waals surface area contributed by atoms with Gasteiger partial charge in [-0.1, -0.05) is 18.5 Å². The Balaban J connectivity index is 2.64. The van der Waals surface area contributed by atoms with Crippen LogP contribution in [0.5, 0.6) is 0 Å². The Bertz CT molecular complexity index is 399. The number of amides is 1. The van der Waals surface area contributed by atoms with Crippen LogP contribution in [0.3, 0.4) is 0 Å². The van der Waals surface area contributed by atoms with Gasteiger partial charge in [0.05, 0.1) is 5.02 Å². The van der Waals surface area contributed by atoms with Crippen molar-refractivity contribution in [2.45, 2.75) is 19.2 Å². The van der Waals surface area contributed by atoms with Crippen molar-refractivity contribution in [3.05, 3.63) is 28.5 Å². The Hall–Kier alpha value is -1.000. The van der Waals surface area contributed by atoms with E-state index in [1.807, 2.05) is 6.92 Å². The Labute approximate surface area is 110 Å². The minimum atomic E-state index is -1.02. The van der Waals surface area contributed by atoms with E-state index in [2.05, 4.69) is 10.3 Å². The maximum atomic E-state index is 10.4. The standard InChI is InChI=1S/C11H14Cl2N2O2/c1-7(5-15-11(16)17)2-10-8(4-12)3-9(13)6-14-10/h3,6-7,15H,2,4-5H2,1H3,(H,16,17)/t7-/m0/s1. The quantitative estimate of drug-likeness (QED) is 0.813. The van der Waals surface area contributed by atoms with E-state index in [0.717, 1.165) is 11.3 Å². The van der Waals surface area contributed by atoms with E-state index in [1.165, 1.54) is 0 Å². The van der Waals surface area contributed by atoms with E-state index >= 15 is 0 Å². The SMILES string of the molecule is C[C@H](CNC(=O)O)Cc1ncc(Cl)cc1CCl. The topological polar surface area (TPSA) is 62.2 Å². The molecule has 1 heterocycles. The van der Waals surface area contributed by atoms with Gasteiger partial charge in [0.25, 0.3) is 0 Å². The van der Waals surface area contributed by atoms with Gasteiger partial charge in [-0.25, -0.2) is 4.79 Å². The van der Waals surface area contributed by atoms with Gasteiger partial charge in [0.15, 0.2) is 0 Å². The van der Waals surface area contributed by atoms with Gasteiger partial charge in [0, 0.05) is 24.3 Å². The normalized spacial score (nSPS) is 12.2. The molecule has 17 heavy (non-hydrogen) atoms. The zero-order valence-corrected chi connectivity index (χ0v) is 10.9. The molecule has 0 saturated heterocycles. The van der Waals surface area contributed by atoms with E-state index < -0.39 is 6.09 Å². The van der Waals surface area contributed by atoms with Crippen molar-refractivity contribution in [3.63, 3.8) is 0 Å². The molecule has 94 valence electrons. The Morgan fingerprint density at radius 2 is 2.35 bits per heavy atom. The summed E-state index contributed by atoms with van der Waals surface area (Å²) in [6.07, 6.45) is 1.22. The molecule has 1 aromatic rings. The Morgan fingerprint density at radius 1 is 1.65 bits per heavy atom. The first-order valence-electron chi connectivity index (χ1n) is 5.19. The van der Waals surface area contributed by atoms with E-state index in [4.69, 9.17) is 28.3 Å². The van der Waals surface area contributed by atoms with Gasteiger partial charge in [0.2, 0.25) is 0 Å². The van der Waals surface area contributed by atoms with Crippen molar-refractivity contribution in [3.8, 4) is 0 Å². The summed E-state index contributed by atoms with van der Waals surface area (Å²) in [6, 6.07) is 1.79. The molecule has 2 N–H and O–H groups in total. The minimum absolute atomic E-state index is 0.154. The highest BCUT2D eigenvalue weighted by molar-refractivity contribution is 6.30. The molecule has 0 aliphatic rings. The molecule has 0 saturated carbocycles. The third-order valence-corrected chi connectivity index (χ3v) is 2.81. The largest absolute Gasteiger partial charge is 0.465 e. The van der Waals surface area contributed by atoms with Gasteiger partial charge >= 0.3 is 6.09 Å². The summed E-state index contributed by atoms with van der Waals surface area (Å²) in [5, 5.41) is 11.4. The summed E-state index contributed by atoms with van der Waals surface area (Å²) >= 11 is 11.6. The number of hydrogen-bond acceptors (Lipinski definition) is 2. The van der Waals surface area contributed by atoms with E-state index in [1.54, 1.807) is 12.3 Å². The maximum absolute atomic E-state index is 10.4. The van der Waals surface area contributed by atoms with Crippen LogP contribution in [0.25, 0.3) is 0 Å². The molecule has 0 aliphatic heterocycles. The highest BCUT2D eigenvalue weighted by atomic mass is 35.5. The molecule has 0 aliphatic carbocycles. The number of aromatic nitrogens is 1. The predicted molar refractivity (Wildman–Crippen MR) is 67.7 cm³/mol. The summed E-state index contributed by atoms with van der Waals surface area (Å²) in [7, 11) is 0. The van der Waals surface area contributed by atoms with Crippen LogP contribution in [0.2, 0.25) is 5.02 Å². The first-order valence-corrected chi connectivity index (χ1v) is 6.10.